The molecule has 1 aromatic heterocycles. The maximum Gasteiger partial charge on any atom is 0.252 e. The molecule has 1 N–H and O–H groups in total. The van der Waals surface area contributed by atoms with Crippen molar-refractivity contribution in [2.24, 2.45) is 5.41 Å². The standard InChI is InChI=1S/C29H38N2O2/c1-22(15-16-27-24(3)12-7-17-29(27,4)5)10-6-11-23(2)20-26(32)14-9-19-31-28(33)25-13-8-18-30-21-25/h6,8,10-11,13,15-16,18,20-21H,7,9,12,14,17,19H2,1-5H3,(H,31,33)/b11-6+,16-15+,22-10+,23-20+. The number of hydrogen-bond donors (Lipinski definition) is 1. The summed E-state index contributed by atoms with van der Waals surface area (Å²) >= 11 is 0. The fourth-order valence-electron chi connectivity index (χ4n) is 4.07. The third-order valence-corrected chi connectivity index (χ3v) is 5.97. The van der Waals surface area contributed by atoms with E-state index in [-0.39, 0.29) is 17.1 Å². The Morgan fingerprint density at radius 2 is 1.97 bits per heavy atom. The lowest BCUT2D eigenvalue weighted by atomic mass is 9.72. The first-order valence-corrected chi connectivity index (χ1v) is 11.8. The van der Waals surface area contributed by atoms with E-state index in [0.717, 1.165) is 5.57 Å². The van der Waals surface area contributed by atoms with Gasteiger partial charge < -0.3 is 5.32 Å². The van der Waals surface area contributed by atoms with E-state index < -0.39 is 0 Å². The highest BCUT2D eigenvalue weighted by molar-refractivity contribution is 5.94. The number of hydrogen-bond acceptors (Lipinski definition) is 3. The molecule has 1 aliphatic rings. The number of carbonyl (C=O) groups excluding carboxylic acids is 2. The molecule has 1 aromatic rings. The SMILES string of the molecule is CC1=C(/C=C/C(C)=C/C=C/C(C)=C/C(=O)CCCNC(=O)c2cccnc2)C(C)(C)CCC1. The van der Waals surface area contributed by atoms with Crippen LogP contribution in [-0.2, 0) is 4.79 Å². The highest BCUT2D eigenvalue weighted by atomic mass is 16.1. The number of aromatic nitrogens is 1. The van der Waals surface area contributed by atoms with Gasteiger partial charge in [0.1, 0.15) is 0 Å². The summed E-state index contributed by atoms with van der Waals surface area (Å²) in [6, 6.07) is 3.44. The second-order valence-electron chi connectivity index (χ2n) is 9.49. The second kappa shape index (κ2) is 12.9. The van der Waals surface area contributed by atoms with Crippen molar-refractivity contribution in [1.82, 2.24) is 10.3 Å². The van der Waals surface area contributed by atoms with Crippen molar-refractivity contribution < 1.29 is 9.59 Å². The van der Waals surface area contributed by atoms with Crippen molar-refractivity contribution in [3.63, 3.8) is 0 Å². The summed E-state index contributed by atoms with van der Waals surface area (Å²) in [5.41, 5.74) is 5.83. The van der Waals surface area contributed by atoms with E-state index >= 15 is 0 Å². The van der Waals surface area contributed by atoms with Crippen molar-refractivity contribution in [1.29, 1.82) is 0 Å². The van der Waals surface area contributed by atoms with E-state index in [1.54, 1.807) is 24.4 Å². The third-order valence-electron chi connectivity index (χ3n) is 5.97. The number of amides is 1. The topological polar surface area (TPSA) is 59.1 Å². The Morgan fingerprint density at radius 3 is 2.67 bits per heavy atom. The predicted molar refractivity (Wildman–Crippen MR) is 137 cm³/mol. The number of nitrogens with one attached hydrogen (secondary N) is 1. The number of nitrogens with zero attached hydrogens (tertiary/aromatic N) is 1. The average Bonchev–Trinajstić information content (AvgIpc) is 2.76. The van der Waals surface area contributed by atoms with Crippen LogP contribution in [0.3, 0.4) is 0 Å². The molecule has 1 aliphatic carbocycles. The molecule has 0 unspecified atom stereocenters. The summed E-state index contributed by atoms with van der Waals surface area (Å²) in [7, 11) is 0. The van der Waals surface area contributed by atoms with Gasteiger partial charge in [0.15, 0.2) is 5.78 Å². The van der Waals surface area contributed by atoms with Crippen LogP contribution < -0.4 is 5.32 Å². The highest BCUT2D eigenvalue weighted by Gasteiger charge is 2.26. The van der Waals surface area contributed by atoms with Crippen LogP contribution in [0.5, 0.6) is 0 Å². The molecule has 0 aromatic carbocycles. The minimum Gasteiger partial charge on any atom is -0.352 e. The van der Waals surface area contributed by atoms with Crippen LogP contribution >= 0.6 is 0 Å². The predicted octanol–water partition coefficient (Wildman–Crippen LogP) is 6.69. The summed E-state index contributed by atoms with van der Waals surface area (Å²) < 4.78 is 0. The van der Waals surface area contributed by atoms with Gasteiger partial charge >= 0.3 is 0 Å². The molecule has 4 nitrogen and oxygen atoms in total. The quantitative estimate of drug-likeness (QED) is 0.247. The molecule has 0 saturated carbocycles. The largest absolute Gasteiger partial charge is 0.352 e. The summed E-state index contributed by atoms with van der Waals surface area (Å²) in [5, 5.41) is 2.81. The molecule has 0 bridgehead atoms. The zero-order chi connectivity index (χ0) is 24.3. The Labute approximate surface area is 199 Å². The van der Waals surface area contributed by atoms with E-state index in [0.29, 0.717) is 24.9 Å². The first-order valence-electron chi connectivity index (χ1n) is 11.8. The summed E-state index contributed by atoms with van der Waals surface area (Å²) in [6.07, 6.45) is 20.0. The van der Waals surface area contributed by atoms with Gasteiger partial charge in [-0.15, -0.1) is 0 Å². The smallest absolute Gasteiger partial charge is 0.252 e. The minimum atomic E-state index is -0.167. The van der Waals surface area contributed by atoms with Gasteiger partial charge in [-0.25, -0.2) is 0 Å². The Hall–Kier alpha value is -3.01. The van der Waals surface area contributed by atoms with Gasteiger partial charge in [-0.2, -0.15) is 0 Å². The molecule has 2 rings (SSSR count). The number of carbonyl (C=O) groups is 2. The van der Waals surface area contributed by atoms with Crippen LogP contribution in [0.1, 0.15) is 77.1 Å². The lowest BCUT2D eigenvalue weighted by molar-refractivity contribution is -0.114. The first-order chi connectivity index (χ1) is 15.7. The van der Waals surface area contributed by atoms with Crippen molar-refractivity contribution in [2.45, 2.75) is 66.7 Å². The molecule has 1 amide bonds. The maximum atomic E-state index is 12.2. The molecule has 4 heteroatoms. The van der Waals surface area contributed by atoms with Gasteiger partial charge in [-0.1, -0.05) is 55.4 Å². The molecule has 176 valence electrons. The Morgan fingerprint density at radius 1 is 1.18 bits per heavy atom. The van der Waals surface area contributed by atoms with E-state index in [4.69, 9.17) is 0 Å². The molecule has 0 aliphatic heterocycles. The Balaban J connectivity index is 1.78. The fraction of sp³-hybridized carbons (Fsp3) is 0.414. The molecule has 0 spiro atoms. The van der Waals surface area contributed by atoms with E-state index in [2.05, 4.69) is 56.2 Å². The average molecular weight is 447 g/mol. The molecule has 33 heavy (non-hydrogen) atoms. The van der Waals surface area contributed by atoms with Crippen LogP contribution in [0.25, 0.3) is 0 Å². The number of ketones is 1. The van der Waals surface area contributed by atoms with E-state index in [1.807, 2.05) is 19.1 Å². The van der Waals surface area contributed by atoms with Gasteiger partial charge in [0.05, 0.1) is 5.56 Å². The van der Waals surface area contributed by atoms with Crippen molar-refractivity contribution >= 4 is 11.7 Å². The minimum absolute atomic E-state index is 0.0651. The van der Waals surface area contributed by atoms with Crippen molar-refractivity contribution in [3.8, 4) is 0 Å². The number of pyridine rings is 1. The third kappa shape index (κ3) is 9.17. The van der Waals surface area contributed by atoms with Crippen LogP contribution in [0.4, 0.5) is 0 Å². The normalized spacial score (nSPS) is 17.1. The van der Waals surface area contributed by atoms with Crippen LogP contribution in [0.15, 0.2) is 83.3 Å². The molecular formula is C29H38N2O2. The van der Waals surface area contributed by atoms with Crippen LogP contribution in [-0.4, -0.2) is 23.2 Å². The first kappa shape index (κ1) is 26.2. The van der Waals surface area contributed by atoms with E-state index in [9.17, 15) is 9.59 Å². The number of allylic oxidation sites excluding steroid dienone is 10. The lowest BCUT2D eigenvalue weighted by Crippen LogP contribution is -2.24. The molecule has 0 saturated heterocycles. The van der Waals surface area contributed by atoms with E-state index in [1.165, 1.54) is 42.2 Å². The second-order valence-corrected chi connectivity index (χ2v) is 9.49. The van der Waals surface area contributed by atoms with Gasteiger partial charge in [0.25, 0.3) is 5.91 Å². The Kier molecular flexibility index (Phi) is 10.2. The van der Waals surface area contributed by atoms with Crippen LogP contribution in [0, 0.1) is 5.41 Å². The summed E-state index contributed by atoms with van der Waals surface area (Å²) in [6.45, 7) is 11.4. The molecular weight excluding hydrogens is 408 g/mol. The summed E-state index contributed by atoms with van der Waals surface area (Å²) in [5.74, 6) is -0.102. The summed E-state index contributed by atoms with van der Waals surface area (Å²) in [4.78, 5) is 28.1. The monoisotopic (exact) mass is 446 g/mol. The fourth-order valence-corrected chi connectivity index (χ4v) is 4.07. The Bertz CT molecular complexity index is 976. The molecule has 1 heterocycles. The highest BCUT2D eigenvalue weighted by Crippen LogP contribution is 2.40. The number of rotatable bonds is 10. The van der Waals surface area contributed by atoms with Crippen molar-refractivity contribution in [2.75, 3.05) is 6.54 Å². The zero-order valence-corrected chi connectivity index (χ0v) is 20.8. The van der Waals surface area contributed by atoms with Crippen molar-refractivity contribution in [3.05, 3.63) is 88.8 Å². The van der Waals surface area contributed by atoms with Gasteiger partial charge in [0, 0.05) is 25.4 Å². The van der Waals surface area contributed by atoms with Gasteiger partial charge in [-0.05, 0) is 81.2 Å². The molecule has 0 fully saturated rings. The lowest BCUT2D eigenvalue weighted by Gasteiger charge is -2.32. The maximum absolute atomic E-state index is 12.2. The molecule has 0 atom stereocenters. The van der Waals surface area contributed by atoms with Gasteiger partial charge in [0.2, 0.25) is 0 Å². The van der Waals surface area contributed by atoms with Gasteiger partial charge in [-0.3, -0.25) is 14.6 Å². The molecule has 0 radical (unpaired) electrons. The van der Waals surface area contributed by atoms with Crippen LogP contribution in [0.2, 0.25) is 0 Å². The zero-order valence-electron chi connectivity index (χ0n) is 20.8.